The molecule has 0 amide bonds. The zero-order valence-electron chi connectivity index (χ0n) is 21.8. The van der Waals surface area contributed by atoms with Crippen molar-refractivity contribution in [3.05, 3.63) is 81.8 Å². The smallest absolute Gasteiger partial charge is 0.265 e. The third-order valence-corrected chi connectivity index (χ3v) is 9.68. The summed E-state index contributed by atoms with van der Waals surface area (Å²) in [7, 11) is -8.59. The monoisotopic (exact) mass is 664 g/mol. The molecule has 8 nitrogen and oxygen atoms in total. The average Bonchev–Trinajstić information content (AvgIpc) is 3.46. The second kappa shape index (κ2) is 16.5. The second-order valence-electron chi connectivity index (χ2n) is 8.24. The minimum atomic E-state index is -4.30. The Kier molecular flexibility index (Phi) is 14.2. The van der Waals surface area contributed by atoms with Gasteiger partial charge < -0.3 is 0 Å². The molecule has 218 valence electrons. The number of aryl methyl sites for hydroxylation is 4. The highest BCUT2D eigenvalue weighted by Crippen LogP contribution is 2.29. The Morgan fingerprint density at radius 1 is 0.650 bits per heavy atom. The molecule has 0 saturated carbocycles. The Bertz CT molecular complexity index is 1420. The van der Waals surface area contributed by atoms with Crippen LogP contribution in [0, 0.1) is 13.8 Å². The van der Waals surface area contributed by atoms with Crippen molar-refractivity contribution >= 4 is 66.1 Å². The minimum Gasteiger partial charge on any atom is -0.286 e. The number of thiazole rings is 2. The van der Waals surface area contributed by atoms with Crippen LogP contribution >= 0.6 is 45.9 Å². The van der Waals surface area contributed by atoms with Crippen molar-refractivity contribution in [1.29, 1.82) is 0 Å². The molecule has 4 rings (SSSR count). The molecule has 0 aliphatic rings. The van der Waals surface area contributed by atoms with Gasteiger partial charge in [0.05, 0.1) is 22.9 Å². The predicted octanol–water partition coefficient (Wildman–Crippen LogP) is 6.56. The fourth-order valence-corrected chi connectivity index (χ4v) is 7.53. The molecule has 0 radical (unpaired) electrons. The standard InChI is InChI=1S/2C12H12ClNS.C2H6O6S2/c2*1-9-11(7-8-13)15-12(14-9)10-5-3-2-4-6-10;3-9(4,5)1-2-10(6,7)8/h2*2-6H,7-8H2,1H3;1-2H2,(H,3,4,5)(H,6,7,8). The topological polar surface area (TPSA) is 135 Å². The summed E-state index contributed by atoms with van der Waals surface area (Å²) in [4.78, 5) is 11.7. The summed E-state index contributed by atoms with van der Waals surface area (Å²) >= 11 is 15.0. The van der Waals surface area contributed by atoms with Crippen LogP contribution in [0.2, 0.25) is 0 Å². The van der Waals surface area contributed by atoms with Crippen LogP contribution in [-0.4, -0.2) is 59.2 Å². The van der Waals surface area contributed by atoms with E-state index in [4.69, 9.17) is 32.3 Å². The van der Waals surface area contributed by atoms with E-state index in [1.807, 2.05) is 50.2 Å². The van der Waals surface area contributed by atoms with E-state index in [9.17, 15) is 16.8 Å². The van der Waals surface area contributed by atoms with Gasteiger partial charge in [-0.15, -0.1) is 45.9 Å². The maximum Gasteiger partial charge on any atom is 0.265 e. The molecule has 0 saturated heterocycles. The molecule has 0 unspecified atom stereocenters. The molecular weight excluding hydrogens is 635 g/mol. The lowest BCUT2D eigenvalue weighted by Crippen LogP contribution is -2.15. The Balaban J connectivity index is 0.000000216. The SMILES string of the molecule is Cc1nc(-c2ccccc2)sc1CCCl.Cc1nc(-c2ccccc2)sc1CCCl.O=S(=O)(O)CCS(=O)(=O)O. The Labute approximate surface area is 253 Å². The highest BCUT2D eigenvalue weighted by atomic mass is 35.5. The maximum atomic E-state index is 9.86. The van der Waals surface area contributed by atoms with Gasteiger partial charge in [-0.05, 0) is 26.7 Å². The largest absolute Gasteiger partial charge is 0.286 e. The molecule has 0 aliphatic heterocycles. The van der Waals surface area contributed by atoms with E-state index in [0.717, 1.165) is 34.2 Å². The second-order valence-corrected chi connectivity index (χ2v) is 14.3. The van der Waals surface area contributed by atoms with E-state index in [-0.39, 0.29) is 0 Å². The number of rotatable bonds is 9. The van der Waals surface area contributed by atoms with E-state index >= 15 is 0 Å². The van der Waals surface area contributed by atoms with Crippen LogP contribution in [0.3, 0.4) is 0 Å². The van der Waals surface area contributed by atoms with Crippen molar-refractivity contribution in [2.24, 2.45) is 0 Å². The number of aromatic nitrogens is 2. The lowest BCUT2D eigenvalue weighted by atomic mass is 10.2. The highest BCUT2D eigenvalue weighted by Gasteiger charge is 2.12. The molecule has 2 aromatic carbocycles. The van der Waals surface area contributed by atoms with E-state index in [1.54, 1.807) is 22.7 Å². The summed E-state index contributed by atoms with van der Waals surface area (Å²) in [6.45, 7) is 4.09. The first-order valence-corrected chi connectivity index (χ1v) is 17.8. The Morgan fingerprint density at radius 3 is 1.25 bits per heavy atom. The van der Waals surface area contributed by atoms with Gasteiger partial charge >= 0.3 is 0 Å². The Hall–Kier alpha value is -1.90. The van der Waals surface area contributed by atoms with Gasteiger partial charge in [0, 0.05) is 32.6 Å². The van der Waals surface area contributed by atoms with E-state index < -0.39 is 31.7 Å². The van der Waals surface area contributed by atoms with E-state index in [2.05, 4.69) is 34.2 Å². The minimum absolute atomic E-state index is 0.664. The maximum absolute atomic E-state index is 9.86. The van der Waals surface area contributed by atoms with Gasteiger partial charge in [-0.2, -0.15) is 16.8 Å². The van der Waals surface area contributed by atoms with Crippen molar-refractivity contribution in [3.63, 3.8) is 0 Å². The summed E-state index contributed by atoms with van der Waals surface area (Å²) in [5.41, 5.74) is 4.59. The average molecular weight is 666 g/mol. The third kappa shape index (κ3) is 12.7. The normalized spacial score (nSPS) is 11.2. The lowest BCUT2D eigenvalue weighted by Gasteiger charge is -1.92. The Morgan fingerprint density at radius 2 is 0.975 bits per heavy atom. The van der Waals surface area contributed by atoms with Gasteiger partial charge in [-0.3, -0.25) is 9.11 Å². The first-order chi connectivity index (χ1) is 18.8. The zero-order valence-corrected chi connectivity index (χ0v) is 26.6. The summed E-state index contributed by atoms with van der Waals surface area (Å²) in [5.74, 6) is -0.633. The number of hydrogen-bond donors (Lipinski definition) is 2. The molecule has 2 N–H and O–H groups in total. The fraction of sp³-hybridized carbons (Fsp3) is 0.308. The van der Waals surface area contributed by atoms with Gasteiger partial charge in [0.2, 0.25) is 0 Å². The van der Waals surface area contributed by atoms with Crippen LogP contribution in [0.25, 0.3) is 21.1 Å². The fourth-order valence-electron chi connectivity index (χ4n) is 3.11. The van der Waals surface area contributed by atoms with E-state index in [0.29, 0.717) is 11.8 Å². The van der Waals surface area contributed by atoms with Crippen molar-refractivity contribution in [3.8, 4) is 21.1 Å². The first-order valence-electron chi connectivity index (χ1n) is 11.9. The molecule has 0 aliphatic carbocycles. The van der Waals surface area contributed by atoms with Crippen LogP contribution in [0.4, 0.5) is 0 Å². The lowest BCUT2D eigenvalue weighted by molar-refractivity contribution is 0.472. The van der Waals surface area contributed by atoms with Crippen LogP contribution in [-0.2, 0) is 33.1 Å². The number of hydrogen-bond acceptors (Lipinski definition) is 8. The summed E-state index contributed by atoms with van der Waals surface area (Å²) < 4.78 is 55.4. The first kappa shape index (κ1) is 34.3. The summed E-state index contributed by atoms with van der Waals surface area (Å²) in [5, 5.41) is 2.18. The molecule has 0 fully saturated rings. The van der Waals surface area contributed by atoms with Gasteiger partial charge in [0.1, 0.15) is 10.0 Å². The van der Waals surface area contributed by atoms with Crippen LogP contribution in [0.1, 0.15) is 21.1 Å². The number of benzene rings is 2. The number of alkyl halides is 2. The molecule has 0 atom stereocenters. The molecule has 2 aromatic heterocycles. The van der Waals surface area contributed by atoms with Crippen LogP contribution < -0.4 is 0 Å². The quantitative estimate of drug-likeness (QED) is 0.152. The van der Waals surface area contributed by atoms with Crippen molar-refractivity contribution < 1.29 is 25.9 Å². The third-order valence-electron chi connectivity index (χ3n) is 5.07. The van der Waals surface area contributed by atoms with Crippen molar-refractivity contribution in [1.82, 2.24) is 9.97 Å². The number of nitrogens with zero attached hydrogens (tertiary/aromatic N) is 2. The van der Waals surface area contributed by atoms with Crippen LogP contribution in [0.5, 0.6) is 0 Å². The summed E-state index contributed by atoms with van der Waals surface area (Å²) in [6, 6.07) is 20.5. The van der Waals surface area contributed by atoms with Gasteiger partial charge in [0.15, 0.2) is 0 Å². The van der Waals surface area contributed by atoms with Crippen molar-refractivity contribution in [2.45, 2.75) is 26.7 Å². The molecule has 14 heteroatoms. The van der Waals surface area contributed by atoms with Crippen LogP contribution in [0.15, 0.2) is 60.7 Å². The molecule has 2 heterocycles. The molecular formula is C26H30Cl2N2O6S4. The molecule has 4 aromatic rings. The van der Waals surface area contributed by atoms with Gasteiger partial charge in [-0.25, -0.2) is 9.97 Å². The summed E-state index contributed by atoms with van der Waals surface area (Å²) in [6.07, 6.45) is 1.83. The predicted molar refractivity (Wildman–Crippen MR) is 166 cm³/mol. The molecule has 0 spiro atoms. The molecule has 0 bridgehead atoms. The van der Waals surface area contributed by atoms with E-state index in [1.165, 1.54) is 20.9 Å². The molecule has 40 heavy (non-hydrogen) atoms. The van der Waals surface area contributed by atoms with Crippen molar-refractivity contribution in [2.75, 3.05) is 23.3 Å². The number of halogens is 2. The van der Waals surface area contributed by atoms with Gasteiger partial charge in [-0.1, -0.05) is 60.7 Å². The zero-order chi connectivity index (χ0) is 29.8. The highest BCUT2D eigenvalue weighted by molar-refractivity contribution is 7.89. The van der Waals surface area contributed by atoms with Gasteiger partial charge in [0.25, 0.3) is 20.2 Å².